The average molecular weight is 455 g/mol. The van der Waals surface area contributed by atoms with Crippen LogP contribution in [0.2, 0.25) is 0 Å². The van der Waals surface area contributed by atoms with E-state index in [1.54, 1.807) is 0 Å². The molecule has 0 amide bonds. The number of hydrogen-bond acceptors (Lipinski definition) is 7. The largest absolute Gasteiger partial charge is 0.387 e. The molecule has 3 heterocycles. The van der Waals surface area contributed by atoms with E-state index in [9.17, 15) is 5.11 Å². The fourth-order valence-electron chi connectivity index (χ4n) is 4.52. The van der Waals surface area contributed by atoms with Crippen molar-refractivity contribution in [3.63, 3.8) is 0 Å². The Morgan fingerprint density at radius 2 is 1.53 bits per heavy atom. The van der Waals surface area contributed by atoms with Crippen LogP contribution in [0.4, 0.5) is 5.82 Å². The number of hydrogen-bond donors (Lipinski definition) is 2. The van der Waals surface area contributed by atoms with Crippen LogP contribution in [0.5, 0.6) is 0 Å². The van der Waals surface area contributed by atoms with Crippen LogP contribution in [0.25, 0.3) is 22.5 Å². The van der Waals surface area contributed by atoms with Crippen molar-refractivity contribution < 1.29 is 5.11 Å². The molecule has 0 radical (unpaired) electrons. The number of rotatable bonds is 7. The summed E-state index contributed by atoms with van der Waals surface area (Å²) in [5.74, 6) is 0.688. The van der Waals surface area contributed by atoms with E-state index in [1.165, 1.54) is 11.1 Å². The molecule has 0 saturated carbocycles. The maximum atomic E-state index is 11.0. The van der Waals surface area contributed by atoms with Gasteiger partial charge in [-0.05, 0) is 44.8 Å². The van der Waals surface area contributed by atoms with Crippen molar-refractivity contribution in [1.82, 2.24) is 9.97 Å². The first-order valence-electron chi connectivity index (χ1n) is 12.0. The van der Waals surface area contributed by atoms with Crippen molar-refractivity contribution in [3.05, 3.63) is 65.4 Å². The number of fused-ring (bicyclic) bond motifs is 1. The Kier molecular flexibility index (Phi) is 6.45. The van der Waals surface area contributed by atoms with Crippen LogP contribution in [0.3, 0.4) is 0 Å². The lowest BCUT2D eigenvalue weighted by Gasteiger charge is -2.30. The lowest BCUT2D eigenvalue weighted by molar-refractivity contribution is 0.149. The van der Waals surface area contributed by atoms with Gasteiger partial charge in [0.15, 0.2) is 5.82 Å². The molecule has 2 atom stereocenters. The van der Waals surface area contributed by atoms with E-state index in [4.69, 9.17) is 9.97 Å². The van der Waals surface area contributed by atoms with Crippen LogP contribution in [-0.2, 0) is 0 Å². The minimum absolute atomic E-state index is 0.160. The number of aryl methyl sites for hydroxylation is 2. The van der Waals surface area contributed by atoms with Crippen LogP contribution < -0.4 is 5.32 Å². The van der Waals surface area contributed by atoms with E-state index < -0.39 is 6.10 Å². The Hall–Kier alpha value is -3.45. The number of anilines is 1. The Morgan fingerprint density at radius 3 is 2.15 bits per heavy atom. The van der Waals surface area contributed by atoms with Gasteiger partial charge in [0, 0.05) is 17.2 Å². The molecule has 2 aliphatic heterocycles. The first kappa shape index (κ1) is 22.3. The van der Waals surface area contributed by atoms with Crippen LogP contribution >= 0.6 is 0 Å². The van der Waals surface area contributed by atoms with Crippen molar-refractivity contribution in [1.29, 1.82) is 0 Å². The molecule has 2 N–H and O–H groups in total. The number of benzene rings is 2. The molecule has 0 fully saturated rings. The molecule has 34 heavy (non-hydrogen) atoms. The molecule has 7 nitrogen and oxygen atoms in total. The maximum Gasteiger partial charge on any atom is 0.151 e. The molecule has 3 aromatic rings. The molecule has 0 spiro atoms. The third-order valence-electron chi connectivity index (χ3n) is 6.51. The summed E-state index contributed by atoms with van der Waals surface area (Å²) in [5.41, 5.74) is 7.73. The molecule has 2 unspecified atom stereocenters. The fourth-order valence-corrected chi connectivity index (χ4v) is 4.52. The van der Waals surface area contributed by atoms with Gasteiger partial charge in [-0.3, -0.25) is 0 Å². The van der Waals surface area contributed by atoms with Gasteiger partial charge in [0.2, 0.25) is 0 Å². The first-order chi connectivity index (χ1) is 16.6. The number of aliphatic hydroxyl groups excluding tert-OH is 1. The molecule has 0 bridgehead atoms. The van der Waals surface area contributed by atoms with Gasteiger partial charge in [0.05, 0.1) is 17.1 Å². The van der Waals surface area contributed by atoms with Gasteiger partial charge in [-0.25, -0.2) is 9.97 Å². The Labute approximate surface area is 200 Å². The summed E-state index contributed by atoms with van der Waals surface area (Å²) >= 11 is 0. The summed E-state index contributed by atoms with van der Waals surface area (Å²) in [6, 6.07) is 16.8. The second kappa shape index (κ2) is 9.81. The van der Waals surface area contributed by atoms with E-state index in [0.29, 0.717) is 24.5 Å². The molecular weight excluding hydrogens is 424 g/mol. The van der Waals surface area contributed by atoms with Crippen LogP contribution in [0.1, 0.15) is 55.0 Å². The zero-order valence-electron chi connectivity index (χ0n) is 19.7. The van der Waals surface area contributed by atoms with E-state index in [0.717, 1.165) is 53.9 Å². The minimum atomic E-state index is -0.637. The molecule has 0 aliphatic carbocycles. The number of unbranched alkanes of at least 4 members (excludes halogenated alkanes) is 1. The average Bonchev–Trinajstić information content (AvgIpc) is 3.36. The smallest absolute Gasteiger partial charge is 0.151 e. The monoisotopic (exact) mass is 454 g/mol. The highest BCUT2D eigenvalue weighted by Gasteiger charge is 2.29. The lowest BCUT2D eigenvalue weighted by Crippen LogP contribution is -2.30. The van der Waals surface area contributed by atoms with E-state index in [2.05, 4.69) is 83.1 Å². The highest BCUT2D eigenvalue weighted by Crippen LogP contribution is 2.37. The number of nitrogens with zero attached hydrogens (tertiary/aromatic N) is 5. The number of aliphatic hydroxyl groups is 1. The van der Waals surface area contributed by atoms with Crippen molar-refractivity contribution in [2.24, 2.45) is 15.4 Å². The predicted octanol–water partition coefficient (Wildman–Crippen LogP) is 6.03. The second-order valence-corrected chi connectivity index (χ2v) is 9.28. The second-order valence-electron chi connectivity index (χ2n) is 9.28. The summed E-state index contributed by atoms with van der Waals surface area (Å²) < 4.78 is 0. The number of nitrogens with one attached hydrogen (secondary N) is 1. The molecule has 0 saturated heterocycles. The third-order valence-corrected chi connectivity index (χ3v) is 6.51. The van der Waals surface area contributed by atoms with Gasteiger partial charge in [-0.2, -0.15) is 5.11 Å². The molecule has 5 rings (SSSR count). The van der Waals surface area contributed by atoms with Gasteiger partial charge < -0.3 is 10.4 Å². The van der Waals surface area contributed by atoms with Gasteiger partial charge in [0.25, 0.3) is 0 Å². The van der Waals surface area contributed by atoms with Crippen molar-refractivity contribution in [3.8, 4) is 22.5 Å². The van der Waals surface area contributed by atoms with E-state index in [1.807, 2.05) is 0 Å². The highest BCUT2D eigenvalue weighted by atomic mass is 16.3. The van der Waals surface area contributed by atoms with Gasteiger partial charge in [-0.15, -0.1) is 5.10 Å². The van der Waals surface area contributed by atoms with Gasteiger partial charge in [-0.1, -0.05) is 66.1 Å². The Morgan fingerprint density at radius 1 is 0.882 bits per heavy atom. The summed E-state index contributed by atoms with van der Waals surface area (Å²) in [5, 5.41) is 26.2. The summed E-state index contributed by atoms with van der Waals surface area (Å²) in [6.45, 7) is 4.78. The third kappa shape index (κ3) is 4.89. The first-order valence-corrected chi connectivity index (χ1v) is 12.0. The lowest BCUT2D eigenvalue weighted by atomic mass is 9.95. The quantitative estimate of drug-likeness (QED) is 0.426. The summed E-state index contributed by atoms with van der Waals surface area (Å²) in [4.78, 5) is 9.99. The molecule has 7 heteroatoms. The van der Waals surface area contributed by atoms with Crippen molar-refractivity contribution in [2.45, 2.75) is 58.1 Å². The Bertz CT molecular complexity index is 1220. The van der Waals surface area contributed by atoms with E-state index >= 15 is 0 Å². The Balaban J connectivity index is 1.41. The minimum Gasteiger partial charge on any atom is -0.387 e. The van der Waals surface area contributed by atoms with Crippen molar-refractivity contribution in [2.75, 3.05) is 11.9 Å². The summed E-state index contributed by atoms with van der Waals surface area (Å²) in [7, 11) is 0. The number of aromatic nitrogens is 2. The molecule has 2 aromatic carbocycles. The van der Waals surface area contributed by atoms with Gasteiger partial charge >= 0.3 is 0 Å². The summed E-state index contributed by atoms with van der Waals surface area (Å²) in [6.07, 6.45) is 3.96. The zero-order chi connectivity index (χ0) is 23.5. The van der Waals surface area contributed by atoms with Crippen molar-refractivity contribution >= 4 is 11.5 Å². The van der Waals surface area contributed by atoms with E-state index in [-0.39, 0.29) is 6.04 Å². The normalized spacial score (nSPS) is 19.0. The standard InChI is InChI=1S/C27H30N6O/c1-17-7-11-19(12-8-17)24-25(20-13-9-18(2)10-14-20)31-27-26(30-24)23(34)15-21(29-27)5-3-4-6-22-16-28-33-32-22/h7-14,21,23,34H,3-6,15-16H2,1-2H3,(H,29,31). The topological polar surface area (TPSA) is 95.1 Å². The molecule has 174 valence electrons. The van der Waals surface area contributed by atoms with Crippen LogP contribution in [0.15, 0.2) is 64.0 Å². The highest BCUT2D eigenvalue weighted by molar-refractivity contribution is 5.87. The molecule has 1 aromatic heterocycles. The van der Waals surface area contributed by atoms with Gasteiger partial charge in [0.1, 0.15) is 18.3 Å². The zero-order valence-corrected chi connectivity index (χ0v) is 19.7. The van der Waals surface area contributed by atoms with Crippen LogP contribution in [0, 0.1) is 13.8 Å². The SMILES string of the molecule is Cc1ccc(-c2nc3c(nc2-c2ccc(C)cc2)C(O)CC(CCCCC2=NN=NC2)N3)cc1. The maximum absolute atomic E-state index is 11.0. The molecule has 2 aliphatic rings. The predicted molar refractivity (Wildman–Crippen MR) is 135 cm³/mol. The fraction of sp³-hybridized carbons (Fsp3) is 0.370. The molecular formula is C27H30N6O. The van der Waals surface area contributed by atoms with Crippen LogP contribution in [-0.4, -0.2) is 33.4 Å².